The van der Waals surface area contributed by atoms with Gasteiger partial charge in [0, 0.05) is 23.3 Å². The quantitative estimate of drug-likeness (QED) is 0.847. The summed E-state index contributed by atoms with van der Waals surface area (Å²) in [5.74, 6) is -0.221. The summed E-state index contributed by atoms with van der Waals surface area (Å²) in [6.07, 6.45) is 3.61. The van der Waals surface area contributed by atoms with Crippen LogP contribution in [0.1, 0.15) is 31.0 Å². The molecule has 0 aliphatic heterocycles. The van der Waals surface area contributed by atoms with Gasteiger partial charge >= 0.3 is 0 Å². The Hall–Kier alpha value is -1.37. The van der Waals surface area contributed by atoms with Crippen molar-refractivity contribution < 1.29 is 4.79 Å². The van der Waals surface area contributed by atoms with Crippen LogP contribution in [0.3, 0.4) is 0 Å². The molecule has 2 rings (SSSR count). The molecule has 1 aromatic heterocycles. The van der Waals surface area contributed by atoms with Gasteiger partial charge in [-0.15, -0.1) is 12.4 Å². The van der Waals surface area contributed by atoms with Gasteiger partial charge in [0.05, 0.1) is 12.2 Å². The molecule has 1 amide bonds. The Morgan fingerprint density at radius 1 is 1.41 bits per heavy atom. The summed E-state index contributed by atoms with van der Waals surface area (Å²) in [4.78, 5) is 12.5. The van der Waals surface area contributed by atoms with Crippen LogP contribution in [0.2, 0.25) is 0 Å². The Morgan fingerprint density at radius 2 is 2.00 bits per heavy atom. The lowest BCUT2D eigenvalue weighted by Gasteiger charge is -2.26. The van der Waals surface area contributed by atoms with Gasteiger partial charge in [0.2, 0.25) is 5.91 Å². The maximum atomic E-state index is 12.5. The van der Waals surface area contributed by atoms with E-state index in [4.69, 9.17) is 5.73 Å². The van der Waals surface area contributed by atoms with E-state index < -0.39 is 5.54 Å². The van der Waals surface area contributed by atoms with Gasteiger partial charge in [0.25, 0.3) is 0 Å². The third-order valence-electron chi connectivity index (χ3n) is 3.49. The van der Waals surface area contributed by atoms with Crippen LogP contribution in [0.5, 0.6) is 0 Å². The number of hydrogen-bond donors (Lipinski definition) is 2. The van der Waals surface area contributed by atoms with Crippen LogP contribution in [0.15, 0.2) is 41.1 Å². The Morgan fingerprint density at radius 3 is 2.50 bits per heavy atom. The Kier molecular flexibility index (Phi) is 6.17. The van der Waals surface area contributed by atoms with Gasteiger partial charge in [0.1, 0.15) is 5.54 Å². The fraction of sp³-hybridized carbons (Fsp3) is 0.333. The third-order valence-corrected chi connectivity index (χ3v) is 4.02. The standard InChI is InChI=1S/C15H19BrN4O.ClH/c1-10(11-8-18-20(3)9-11)19-14(21)15(2,17)12-4-6-13(16)7-5-12;/h4-10H,17H2,1-3H3,(H,19,21);1H. The fourth-order valence-electron chi connectivity index (χ4n) is 2.02. The summed E-state index contributed by atoms with van der Waals surface area (Å²) < 4.78 is 2.65. The number of carbonyl (C=O) groups excluding carboxylic acids is 1. The molecule has 0 saturated carbocycles. The molecule has 0 aliphatic rings. The van der Waals surface area contributed by atoms with Gasteiger partial charge < -0.3 is 11.1 Å². The molecular formula is C15H20BrClN4O. The first-order valence-electron chi connectivity index (χ1n) is 6.65. The number of aryl methyl sites for hydroxylation is 1. The van der Waals surface area contributed by atoms with Crippen LogP contribution >= 0.6 is 28.3 Å². The lowest BCUT2D eigenvalue weighted by atomic mass is 9.92. The molecule has 0 fully saturated rings. The summed E-state index contributed by atoms with van der Waals surface area (Å²) in [5, 5.41) is 7.04. The van der Waals surface area contributed by atoms with E-state index in [9.17, 15) is 4.79 Å². The minimum absolute atomic E-state index is 0. The fourth-order valence-corrected chi connectivity index (χ4v) is 2.29. The van der Waals surface area contributed by atoms with Gasteiger partial charge in [0.15, 0.2) is 0 Å². The highest BCUT2D eigenvalue weighted by molar-refractivity contribution is 9.10. The molecule has 2 aromatic rings. The first kappa shape index (κ1) is 18.7. The van der Waals surface area contributed by atoms with Crippen LogP contribution < -0.4 is 11.1 Å². The number of nitrogens with two attached hydrogens (primary N) is 1. The molecule has 22 heavy (non-hydrogen) atoms. The molecule has 5 nitrogen and oxygen atoms in total. The first-order chi connectivity index (χ1) is 9.80. The lowest BCUT2D eigenvalue weighted by molar-refractivity contribution is -0.126. The summed E-state index contributed by atoms with van der Waals surface area (Å²) in [7, 11) is 1.84. The van der Waals surface area contributed by atoms with Crippen molar-refractivity contribution >= 4 is 34.2 Å². The third kappa shape index (κ3) is 4.09. The number of carbonyl (C=O) groups is 1. The van der Waals surface area contributed by atoms with Gasteiger partial charge in [-0.05, 0) is 31.5 Å². The van der Waals surface area contributed by atoms with E-state index in [1.807, 2.05) is 44.4 Å². The first-order valence-corrected chi connectivity index (χ1v) is 7.44. The minimum Gasteiger partial charge on any atom is -0.348 e. The van der Waals surface area contributed by atoms with E-state index in [0.717, 1.165) is 15.6 Å². The van der Waals surface area contributed by atoms with Crippen molar-refractivity contribution in [1.29, 1.82) is 0 Å². The van der Waals surface area contributed by atoms with E-state index >= 15 is 0 Å². The van der Waals surface area contributed by atoms with Crippen LogP contribution in [-0.2, 0) is 17.4 Å². The number of amides is 1. The Bertz CT molecular complexity index is 639. The summed E-state index contributed by atoms with van der Waals surface area (Å²) in [6, 6.07) is 7.29. The highest BCUT2D eigenvalue weighted by atomic mass is 79.9. The van der Waals surface area contributed by atoms with E-state index in [1.165, 1.54) is 0 Å². The lowest BCUT2D eigenvalue weighted by Crippen LogP contribution is -2.49. The zero-order chi connectivity index (χ0) is 15.6. The molecule has 1 aromatic carbocycles. The van der Waals surface area contributed by atoms with Crippen LogP contribution in [0.25, 0.3) is 0 Å². The average Bonchev–Trinajstić information content (AvgIpc) is 2.86. The van der Waals surface area contributed by atoms with Crippen LogP contribution in [0, 0.1) is 0 Å². The molecule has 2 unspecified atom stereocenters. The number of halogens is 2. The maximum Gasteiger partial charge on any atom is 0.244 e. The number of nitrogens with zero attached hydrogens (tertiary/aromatic N) is 2. The van der Waals surface area contributed by atoms with Gasteiger partial charge in [-0.25, -0.2) is 0 Å². The zero-order valence-corrected chi connectivity index (χ0v) is 15.1. The summed E-state index contributed by atoms with van der Waals surface area (Å²) in [5.41, 5.74) is 6.84. The maximum absolute atomic E-state index is 12.5. The molecule has 2 atom stereocenters. The second-order valence-electron chi connectivity index (χ2n) is 5.35. The minimum atomic E-state index is -1.09. The summed E-state index contributed by atoms with van der Waals surface area (Å²) >= 11 is 3.37. The van der Waals surface area contributed by atoms with Gasteiger partial charge in [-0.2, -0.15) is 5.10 Å². The van der Waals surface area contributed by atoms with Crippen molar-refractivity contribution in [1.82, 2.24) is 15.1 Å². The second kappa shape index (κ2) is 7.26. The van der Waals surface area contributed by atoms with Crippen molar-refractivity contribution in [3.8, 4) is 0 Å². The van der Waals surface area contributed by atoms with E-state index in [-0.39, 0.29) is 24.4 Å². The predicted molar refractivity (Wildman–Crippen MR) is 92.7 cm³/mol. The highest BCUT2D eigenvalue weighted by Gasteiger charge is 2.31. The van der Waals surface area contributed by atoms with Crippen LogP contribution in [-0.4, -0.2) is 15.7 Å². The van der Waals surface area contributed by atoms with E-state index in [1.54, 1.807) is 17.8 Å². The van der Waals surface area contributed by atoms with Gasteiger partial charge in [-0.1, -0.05) is 28.1 Å². The van der Waals surface area contributed by atoms with Crippen molar-refractivity contribution in [3.05, 3.63) is 52.3 Å². The Balaban J connectivity index is 0.00000242. The average molecular weight is 388 g/mol. The molecular weight excluding hydrogens is 368 g/mol. The topological polar surface area (TPSA) is 72.9 Å². The Labute approximate surface area is 144 Å². The normalized spacial score (nSPS) is 14.6. The van der Waals surface area contributed by atoms with E-state index in [2.05, 4.69) is 26.3 Å². The monoisotopic (exact) mass is 386 g/mol. The molecule has 120 valence electrons. The van der Waals surface area contributed by atoms with Gasteiger partial charge in [-0.3, -0.25) is 9.48 Å². The molecule has 0 bridgehead atoms. The number of aromatic nitrogens is 2. The summed E-state index contributed by atoms with van der Waals surface area (Å²) in [6.45, 7) is 3.62. The van der Waals surface area contributed by atoms with Crippen molar-refractivity contribution in [2.45, 2.75) is 25.4 Å². The van der Waals surface area contributed by atoms with Crippen molar-refractivity contribution in [3.63, 3.8) is 0 Å². The predicted octanol–water partition coefficient (Wildman–Crippen LogP) is 2.66. The number of benzene rings is 1. The van der Waals surface area contributed by atoms with Crippen molar-refractivity contribution in [2.75, 3.05) is 0 Å². The number of rotatable bonds is 4. The SMILES string of the molecule is CC(NC(=O)C(C)(N)c1ccc(Br)cc1)c1cnn(C)c1.Cl. The second-order valence-corrected chi connectivity index (χ2v) is 6.27. The molecule has 0 saturated heterocycles. The number of nitrogens with one attached hydrogen (secondary N) is 1. The highest BCUT2D eigenvalue weighted by Crippen LogP contribution is 2.22. The van der Waals surface area contributed by atoms with E-state index in [0.29, 0.717) is 0 Å². The smallest absolute Gasteiger partial charge is 0.244 e. The van der Waals surface area contributed by atoms with Crippen molar-refractivity contribution in [2.24, 2.45) is 12.8 Å². The molecule has 1 heterocycles. The largest absolute Gasteiger partial charge is 0.348 e. The number of hydrogen-bond acceptors (Lipinski definition) is 3. The van der Waals surface area contributed by atoms with Crippen LogP contribution in [0.4, 0.5) is 0 Å². The molecule has 3 N–H and O–H groups in total. The molecule has 0 aliphatic carbocycles. The molecule has 7 heteroatoms. The molecule has 0 radical (unpaired) electrons. The zero-order valence-electron chi connectivity index (χ0n) is 12.7. The molecule has 0 spiro atoms.